The van der Waals surface area contributed by atoms with Crippen LogP contribution in [0.3, 0.4) is 0 Å². The summed E-state index contributed by atoms with van der Waals surface area (Å²) in [5.74, 6) is 0.491. The Morgan fingerprint density at radius 3 is 2.41 bits per heavy atom. The van der Waals surface area contributed by atoms with Gasteiger partial charge in [0.05, 0.1) is 23.5 Å². The molecular formula is C24H25Cl2N3O3. The lowest BCUT2D eigenvalue weighted by Gasteiger charge is -2.27. The second kappa shape index (κ2) is 11.6. The van der Waals surface area contributed by atoms with E-state index < -0.39 is 6.03 Å². The number of carbonyl (C=O) groups is 2. The van der Waals surface area contributed by atoms with Gasteiger partial charge in [0, 0.05) is 18.1 Å². The van der Waals surface area contributed by atoms with Crippen LogP contribution < -0.4 is 5.32 Å². The average Bonchev–Trinajstić information content (AvgIpc) is 3.29. The Morgan fingerprint density at radius 2 is 1.75 bits per heavy atom. The Kier molecular flexibility index (Phi) is 8.59. The molecule has 0 radical (unpaired) electrons. The van der Waals surface area contributed by atoms with Gasteiger partial charge in [-0.1, -0.05) is 60.5 Å². The van der Waals surface area contributed by atoms with Gasteiger partial charge in [0.1, 0.15) is 12.3 Å². The molecule has 3 rings (SSSR count). The Labute approximate surface area is 197 Å². The van der Waals surface area contributed by atoms with Gasteiger partial charge in [0.25, 0.3) is 0 Å². The number of nitrogens with zero attached hydrogens (tertiary/aromatic N) is 2. The van der Waals surface area contributed by atoms with Crippen molar-refractivity contribution >= 4 is 40.8 Å². The fourth-order valence-corrected chi connectivity index (χ4v) is 3.65. The van der Waals surface area contributed by atoms with Crippen LogP contribution in [0.5, 0.6) is 0 Å². The number of hydrogen-bond donors (Lipinski definition) is 1. The van der Waals surface area contributed by atoms with Crippen LogP contribution >= 0.6 is 23.2 Å². The van der Waals surface area contributed by atoms with E-state index in [1.807, 2.05) is 43.3 Å². The van der Waals surface area contributed by atoms with Crippen LogP contribution in [0.4, 0.5) is 10.5 Å². The third kappa shape index (κ3) is 6.77. The molecule has 0 unspecified atom stereocenters. The molecule has 0 aliphatic heterocycles. The van der Waals surface area contributed by atoms with Crippen LogP contribution in [-0.4, -0.2) is 34.8 Å². The van der Waals surface area contributed by atoms with Crippen molar-refractivity contribution in [3.8, 4) is 0 Å². The first kappa shape index (κ1) is 23.7. The van der Waals surface area contributed by atoms with Crippen LogP contribution in [0.2, 0.25) is 10.0 Å². The Balaban J connectivity index is 1.73. The highest BCUT2D eigenvalue weighted by Crippen LogP contribution is 2.25. The second-order valence-electron chi connectivity index (χ2n) is 7.29. The number of nitrogens with one attached hydrogen (secondary N) is 1. The van der Waals surface area contributed by atoms with E-state index >= 15 is 0 Å². The van der Waals surface area contributed by atoms with E-state index in [1.165, 1.54) is 4.90 Å². The van der Waals surface area contributed by atoms with Crippen molar-refractivity contribution in [2.75, 3.05) is 18.4 Å². The molecule has 1 aromatic heterocycles. The Hall–Kier alpha value is -2.96. The molecular weight excluding hydrogens is 449 g/mol. The van der Waals surface area contributed by atoms with Crippen LogP contribution in [0.25, 0.3) is 0 Å². The smallest absolute Gasteiger partial charge is 0.322 e. The zero-order chi connectivity index (χ0) is 22.9. The van der Waals surface area contributed by atoms with E-state index in [1.54, 1.807) is 35.4 Å². The molecule has 0 aliphatic rings. The van der Waals surface area contributed by atoms with Crippen molar-refractivity contribution in [2.24, 2.45) is 0 Å². The number of rotatable bonds is 9. The van der Waals surface area contributed by atoms with Gasteiger partial charge in [0.15, 0.2) is 0 Å². The lowest BCUT2D eigenvalue weighted by molar-refractivity contribution is -0.133. The largest absolute Gasteiger partial charge is 0.467 e. The highest BCUT2D eigenvalue weighted by atomic mass is 35.5. The van der Waals surface area contributed by atoms with E-state index in [4.69, 9.17) is 27.6 Å². The van der Waals surface area contributed by atoms with Crippen LogP contribution in [0, 0.1) is 0 Å². The molecule has 0 fully saturated rings. The van der Waals surface area contributed by atoms with Gasteiger partial charge in [0.2, 0.25) is 5.91 Å². The van der Waals surface area contributed by atoms with Crippen LogP contribution in [-0.2, 0) is 17.9 Å². The van der Waals surface area contributed by atoms with Gasteiger partial charge in [-0.3, -0.25) is 4.79 Å². The molecule has 32 heavy (non-hydrogen) atoms. The molecule has 8 heteroatoms. The maximum atomic E-state index is 13.2. The van der Waals surface area contributed by atoms with Crippen molar-refractivity contribution in [1.29, 1.82) is 0 Å². The fraction of sp³-hybridized carbons (Fsp3) is 0.250. The first-order chi connectivity index (χ1) is 15.5. The number of urea groups is 1. The summed E-state index contributed by atoms with van der Waals surface area (Å²) in [6.07, 6.45) is 2.28. The molecule has 168 valence electrons. The standard InChI is InChI=1S/C24H25Cl2N3O3/c1-2-12-28(24(31)27-22-11-10-19(25)14-21(22)26)17-23(30)29(16-20-9-6-13-32-20)15-18-7-4-3-5-8-18/h3-11,13-14H,2,12,15-17H2,1H3,(H,27,31). The van der Waals surface area contributed by atoms with Crippen molar-refractivity contribution in [2.45, 2.75) is 26.4 Å². The summed E-state index contributed by atoms with van der Waals surface area (Å²) >= 11 is 12.1. The predicted octanol–water partition coefficient (Wildman–Crippen LogP) is 6.06. The molecule has 6 nitrogen and oxygen atoms in total. The zero-order valence-electron chi connectivity index (χ0n) is 17.8. The van der Waals surface area contributed by atoms with Crippen LogP contribution in [0.15, 0.2) is 71.3 Å². The molecule has 0 saturated carbocycles. The summed E-state index contributed by atoms with van der Waals surface area (Å²) in [4.78, 5) is 29.3. The van der Waals surface area contributed by atoms with E-state index in [-0.39, 0.29) is 12.5 Å². The average molecular weight is 474 g/mol. The van der Waals surface area contributed by atoms with Crippen LogP contribution in [0.1, 0.15) is 24.7 Å². The van der Waals surface area contributed by atoms with Gasteiger partial charge in [-0.15, -0.1) is 0 Å². The highest BCUT2D eigenvalue weighted by molar-refractivity contribution is 6.36. The van der Waals surface area contributed by atoms with Crippen molar-refractivity contribution in [3.63, 3.8) is 0 Å². The summed E-state index contributed by atoms with van der Waals surface area (Å²) in [5, 5.41) is 3.57. The third-order valence-electron chi connectivity index (χ3n) is 4.78. The number of hydrogen-bond acceptors (Lipinski definition) is 3. The third-order valence-corrected chi connectivity index (χ3v) is 5.32. The summed E-state index contributed by atoms with van der Waals surface area (Å²) < 4.78 is 5.44. The van der Waals surface area contributed by atoms with Crippen molar-refractivity contribution in [3.05, 3.63) is 88.3 Å². The first-order valence-electron chi connectivity index (χ1n) is 10.3. The number of benzene rings is 2. The van der Waals surface area contributed by atoms with Gasteiger partial charge in [-0.2, -0.15) is 0 Å². The number of carbonyl (C=O) groups excluding carboxylic acids is 2. The Bertz CT molecular complexity index is 1030. The summed E-state index contributed by atoms with van der Waals surface area (Å²) in [5.41, 5.74) is 1.43. The first-order valence-corrected chi connectivity index (χ1v) is 11.1. The van der Waals surface area contributed by atoms with Gasteiger partial charge < -0.3 is 19.5 Å². The van der Waals surface area contributed by atoms with Gasteiger partial charge in [-0.05, 0) is 42.3 Å². The quantitative estimate of drug-likeness (QED) is 0.410. The molecule has 0 aliphatic carbocycles. The monoisotopic (exact) mass is 473 g/mol. The summed E-state index contributed by atoms with van der Waals surface area (Å²) in [6, 6.07) is 17.7. The van der Waals surface area contributed by atoms with E-state index in [9.17, 15) is 9.59 Å². The van der Waals surface area contributed by atoms with E-state index in [0.717, 1.165) is 5.56 Å². The number of amides is 3. The highest BCUT2D eigenvalue weighted by Gasteiger charge is 2.22. The second-order valence-corrected chi connectivity index (χ2v) is 8.13. The number of anilines is 1. The van der Waals surface area contributed by atoms with Gasteiger partial charge >= 0.3 is 6.03 Å². The molecule has 1 N–H and O–H groups in total. The lowest BCUT2D eigenvalue weighted by atomic mass is 10.2. The van der Waals surface area contributed by atoms with E-state index in [2.05, 4.69) is 5.32 Å². The predicted molar refractivity (Wildman–Crippen MR) is 127 cm³/mol. The molecule has 3 aromatic rings. The summed E-state index contributed by atoms with van der Waals surface area (Å²) in [7, 11) is 0. The minimum atomic E-state index is -0.401. The van der Waals surface area contributed by atoms with Crippen molar-refractivity contribution in [1.82, 2.24) is 9.80 Å². The fourth-order valence-electron chi connectivity index (χ4n) is 3.20. The molecule has 0 atom stereocenters. The maximum Gasteiger partial charge on any atom is 0.322 e. The maximum absolute atomic E-state index is 13.2. The lowest BCUT2D eigenvalue weighted by Crippen LogP contribution is -2.44. The minimum Gasteiger partial charge on any atom is -0.467 e. The SMILES string of the molecule is CCCN(CC(=O)N(Cc1ccccc1)Cc1ccco1)C(=O)Nc1ccc(Cl)cc1Cl. The van der Waals surface area contributed by atoms with Crippen molar-refractivity contribution < 1.29 is 14.0 Å². The molecule has 0 bridgehead atoms. The minimum absolute atomic E-state index is 0.0710. The molecule has 3 amide bonds. The molecule has 0 saturated heterocycles. The van der Waals surface area contributed by atoms with Gasteiger partial charge in [-0.25, -0.2) is 4.79 Å². The molecule has 2 aromatic carbocycles. The normalized spacial score (nSPS) is 10.6. The molecule has 1 heterocycles. The zero-order valence-corrected chi connectivity index (χ0v) is 19.3. The summed E-state index contributed by atoms with van der Waals surface area (Å²) in [6.45, 7) is 3.02. The Morgan fingerprint density at radius 1 is 0.969 bits per heavy atom. The van der Waals surface area contributed by atoms with E-state index in [0.29, 0.717) is 47.5 Å². The topological polar surface area (TPSA) is 65.8 Å². The molecule has 0 spiro atoms. The number of furan rings is 1. The number of halogens is 2.